The molecular formula is C24H21F3N4O. The van der Waals surface area contributed by atoms with Crippen molar-refractivity contribution in [2.75, 3.05) is 5.32 Å². The molecule has 0 unspecified atom stereocenters. The van der Waals surface area contributed by atoms with Gasteiger partial charge in [0.15, 0.2) is 5.82 Å². The molecule has 4 rings (SSSR count). The Morgan fingerprint density at radius 3 is 2.41 bits per heavy atom. The SMILES string of the molecule is Cc1cc(C)c2nc(-n3nc(C)cc3NC(=O)c3ccccc3C(F)(F)F)cc(C)c2c1. The standard InChI is InChI=1S/C24H21F3N4O/c1-13-9-15(3)22-18(10-13)14(2)11-20(28-22)31-21(12-16(4)30-31)29-23(32)17-7-5-6-8-19(17)24(25,26)27/h5-12H,1-4H3,(H,29,32). The minimum atomic E-state index is -4.64. The van der Waals surface area contributed by atoms with Crippen LogP contribution in [0.3, 0.4) is 0 Å². The van der Waals surface area contributed by atoms with E-state index in [0.29, 0.717) is 11.5 Å². The molecule has 2 aromatic heterocycles. The highest BCUT2D eigenvalue weighted by Crippen LogP contribution is 2.32. The summed E-state index contributed by atoms with van der Waals surface area (Å²) in [7, 11) is 0. The summed E-state index contributed by atoms with van der Waals surface area (Å²) in [6, 6.07) is 12.2. The van der Waals surface area contributed by atoms with E-state index >= 15 is 0 Å². The van der Waals surface area contributed by atoms with Crippen molar-refractivity contribution in [2.45, 2.75) is 33.9 Å². The zero-order valence-corrected chi connectivity index (χ0v) is 18.0. The van der Waals surface area contributed by atoms with Crippen LogP contribution in [0.15, 0.2) is 48.5 Å². The number of carbonyl (C=O) groups excluding carboxylic acids is 1. The number of carbonyl (C=O) groups is 1. The van der Waals surface area contributed by atoms with Gasteiger partial charge in [0, 0.05) is 11.5 Å². The lowest BCUT2D eigenvalue weighted by Crippen LogP contribution is -2.20. The van der Waals surface area contributed by atoms with Crippen LogP contribution >= 0.6 is 0 Å². The predicted molar refractivity (Wildman–Crippen MR) is 117 cm³/mol. The average molecular weight is 438 g/mol. The molecule has 32 heavy (non-hydrogen) atoms. The Morgan fingerprint density at radius 1 is 0.969 bits per heavy atom. The largest absolute Gasteiger partial charge is 0.417 e. The fourth-order valence-corrected chi connectivity index (χ4v) is 3.81. The summed E-state index contributed by atoms with van der Waals surface area (Å²) in [5.74, 6) is -0.168. The van der Waals surface area contributed by atoms with Crippen molar-refractivity contribution in [1.82, 2.24) is 14.8 Å². The molecule has 0 radical (unpaired) electrons. The van der Waals surface area contributed by atoms with Crippen LogP contribution in [-0.4, -0.2) is 20.7 Å². The van der Waals surface area contributed by atoms with Gasteiger partial charge in [0.25, 0.3) is 5.91 Å². The van der Waals surface area contributed by atoms with Crippen LogP contribution in [0.5, 0.6) is 0 Å². The Bertz CT molecular complexity index is 1360. The Hall–Kier alpha value is -3.68. The van der Waals surface area contributed by atoms with E-state index in [4.69, 9.17) is 4.98 Å². The Balaban J connectivity index is 1.78. The number of hydrogen-bond acceptors (Lipinski definition) is 3. The second kappa shape index (κ2) is 7.78. The number of anilines is 1. The first-order valence-corrected chi connectivity index (χ1v) is 9.98. The molecule has 0 saturated carbocycles. The maximum absolute atomic E-state index is 13.3. The number of aryl methyl sites for hydroxylation is 4. The van der Waals surface area contributed by atoms with Crippen LogP contribution in [0.1, 0.15) is 38.3 Å². The van der Waals surface area contributed by atoms with Gasteiger partial charge in [0.05, 0.1) is 22.3 Å². The summed E-state index contributed by atoms with van der Waals surface area (Å²) in [4.78, 5) is 17.5. The summed E-state index contributed by atoms with van der Waals surface area (Å²) in [5.41, 5.74) is 3.04. The van der Waals surface area contributed by atoms with Crippen LogP contribution in [0.2, 0.25) is 0 Å². The molecule has 4 aromatic rings. The number of amides is 1. The van der Waals surface area contributed by atoms with E-state index in [9.17, 15) is 18.0 Å². The Morgan fingerprint density at radius 2 is 1.69 bits per heavy atom. The van der Waals surface area contributed by atoms with Gasteiger partial charge in [0.1, 0.15) is 5.82 Å². The maximum atomic E-state index is 13.3. The number of aromatic nitrogens is 3. The van der Waals surface area contributed by atoms with Gasteiger partial charge in [-0.05, 0) is 63.1 Å². The van der Waals surface area contributed by atoms with E-state index in [0.717, 1.165) is 39.7 Å². The highest BCUT2D eigenvalue weighted by molar-refractivity contribution is 6.05. The minimum absolute atomic E-state index is 0.237. The van der Waals surface area contributed by atoms with E-state index in [1.807, 2.05) is 32.9 Å². The number of pyridine rings is 1. The Kier molecular flexibility index (Phi) is 5.24. The molecular weight excluding hydrogens is 417 g/mol. The van der Waals surface area contributed by atoms with Crippen LogP contribution in [-0.2, 0) is 6.18 Å². The Labute approximate surface area is 182 Å². The lowest BCUT2D eigenvalue weighted by molar-refractivity contribution is -0.137. The fourth-order valence-electron chi connectivity index (χ4n) is 3.81. The lowest BCUT2D eigenvalue weighted by Gasteiger charge is -2.14. The van der Waals surface area contributed by atoms with Crippen molar-refractivity contribution in [3.8, 4) is 5.82 Å². The number of benzene rings is 2. The summed E-state index contributed by atoms with van der Waals surface area (Å²) >= 11 is 0. The molecule has 8 heteroatoms. The van der Waals surface area contributed by atoms with E-state index in [1.54, 1.807) is 13.0 Å². The van der Waals surface area contributed by atoms with Crippen LogP contribution < -0.4 is 5.32 Å². The summed E-state index contributed by atoms with van der Waals surface area (Å²) in [6.45, 7) is 7.68. The summed E-state index contributed by atoms with van der Waals surface area (Å²) in [6.07, 6.45) is -4.64. The van der Waals surface area contributed by atoms with Gasteiger partial charge in [-0.15, -0.1) is 0 Å². The van der Waals surface area contributed by atoms with E-state index in [-0.39, 0.29) is 5.82 Å². The second-order valence-electron chi connectivity index (χ2n) is 7.86. The lowest BCUT2D eigenvalue weighted by atomic mass is 10.0. The molecule has 0 saturated heterocycles. The van der Waals surface area contributed by atoms with Crippen molar-refractivity contribution < 1.29 is 18.0 Å². The molecule has 1 N–H and O–H groups in total. The topological polar surface area (TPSA) is 59.8 Å². The quantitative estimate of drug-likeness (QED) is 0.432. The average Bonchev–Trinajstić information content (AvgIpc) is 3.08. The zero-order valence-electron chi connectivity index (χ0n) is 18.0. The van der Waals surface area contributed by atoms with Crippen LogP contribution in [0.4, 0.5) is 19.0 Å². The molecule has 0 aliphatic rings. The zero-order chi connectivity index (χ0) is 23.2. The van der Waals surface area contributed by atoms with Crippen molar-refractivity contribution in [3.63, 3.8) is 0 Å². The van der Waals surface area contributed by atoms with Gasteiger partial charge in [-0.25, -0.2) is 4.98 Å². The highest BCUT2D eigenvalue weighted by Gasteiger charge is 2.35. The van der Waals surface area contributed by atoms with Gasteiger partial charge >= 0.3 is 6.18 Å². The normalized spacial score (nSPS) is 11.7. The number of alkyl halides is 3. The van der Waals surface area contributed by atoms with Crippen molar-refractivity contribution in [3.05, 3.63) is 82.0 Å². The predicted octanol–water partition coefficient (Wildman–Crippen LogP) is 5.93. The van der Waals surface area contributed by atoms with Crippen molar-refractivity contribution >= 4 is 22.6 Å². The third kappa shape index (κ3) is 3.95. The number of halogens is 3. The summed E-state index contributed by atoms with van der Waals surface area (Å²) < 4.78 is 41.5. The molecule has 0 spiro atoms. The minimum Gasteiger partial charge on any atom is -0.306 e. The first-order chi connectivity index (χ1) is 15.0. The second-order valence-corrected chi connectivity index (χ2v) is 7.86. The third-order valence-electron chi connectivity index (χ3n) is 5.21. The molecule has 5 nitrogen and oxygen atoms in total. The van der Waals surface area contributed by atoms with E-state index in [1.165, 1.54) is 16.8 Å². The molecule has 1 amide bonds. The summed E-state index contributed by atoms with van der Waals surface area (Å²) in [5, 5.41) is 8.00. The number of fused-ring (bicyclic) bond motifs is 1. The monoisotopic (exact) mass is 438 g/mol. The first-order valence-electron chi connectivity index (χ1n) is 9.98. The molecule has 0 aliphatic heterocycles. The van der Waals surface area contributed by atoms with Crippen LogP contribution in [0, 0.1) is 27.7 Å². The van der Waals surface area contributed by atoms with Gasteiger partial charge in [0.2, 0.25) is 0 Å². The van der Waals surface area contributed by atoms with Crippen molar-refractivity contribution in [1.29, 1.82) is 0 Å². The fraction of sp³-hybridized carbons (Fsp3) is 0.208. The molecule has 0 aliphatic carbocycles. The molecule has 0 atom stereocenters. The van der Waals surface area contributed by atoms with Gasteiger partial charge < -0.3 is 5.32 Å². The number of hydrogen-bond donors (Lipinski definition) is 1. The van der Waals surface area contributed by atoms with E-state index < -0.39 is 23.2 Å². The van der Waals surface area contributed by atoms with E-state index in [2.05, 4.69) is 16.5 Å². The molecule has 0 fully saturated rings. The van der Waals surface area contributed by atoms with Gasteiger partial charge in [-0.1, -0.05) is 23.8 Å². The van der Waals surface area contributed by atoms with Gasteiger partial charge in [-0.3, -0.25) is 4.79 Å². The number of nitrogens with zero attached hydrogens (tertiary/aromatic N) is 3. The molecule has 2 aromatic carbocycles. The first kappa shape index (κ1) is 21.5. The molecule has 0 bridgehead atoms. The highest BCUT2D eigenvalue weighted by atomic mass is 19.4. The van der Waals surface area contributed by atoms with Crippen molar-refractivity contribution in [2.24, 2.45) is 0 Å². The number of rotatable bonds is 3. The maximum Gasteiger partial charge on any atom is 0.417 e. The van der Waals surface area contributed by atoms with Gasteiger partial charge in [-0.2, -0.15) is 23.0 Å². The molecule has 2 heterocycles. The van der Waals surface area contributed by atoms with Crippen LogP contribution in [0.25, 0.3) is 16.7 Å². The smallest absolute Gasteiger partial charge is 0.306 e. The number of nitrogens with one attached hydrogen (secondary N) is 1. The molecule has 164 valence electrons. The third-order valence-corrected chi connectivity index (χ3v) is 5.21.